The summed E-state index contributed by atoms with van der Waals surface area (Å²) < 4.78 is 0. The molecular formula is C30H40N2O5. The van der Waals surface area contributed by atoms with Gasteiger partial charge in [0.05, 0.1) is 0 Å². The van der Waals surface area contributed by atoms with E-state index in [1.807, 2.05) is 48.5 Å². The monoisotopic (exact) mass is 508 g/mol. The maximum absolute atomic E-state index is 12.7. The number of aliphatic carboxylic acids is 1. The molecule has 0 fully saturated rings. The Morgan fingerprint density at radius 2 is 1.54 bits per heavy atom. The van der Waals surface area contributed by atoms with E-state index < -0.39 is 17.9 Å². The second-order valence-corrected chi connectivity index (χ2v) is 9.58. The van der Waals surface area contributed by atoms with Gasteiger partial charge in [-0.1, -0.05) is 75.4 Å². The van der Waals surface area contributed by atoms with E-state index in [0.29, 0.717) is 6.42 Å². The third kappa shape index (κ3) is 10.6. The van der Waals surface area contributed by atoms with Gasteiger partial charge in [0, 0.05) is 38.4 Å². The molecule has 0 aliphatic rings. The van der Waals surface area contributed by atoms with Gasteiger partial charge in [-0.3, -0.25) is 9.59 Å². The van der Waals surface area contributed by atoms with Gasteiger partial charge in [0.15, 0.2) is 0 Å². The molecule has 0 radical (unpaired) electrons. The van der Waals surface area contributed by atoms with Crippen molar-refractivity contribution >= 4 is 29.3 Å². The standard InChI is InChI=1S/C30H40N2O5/c1-4-5-6-7-8-9-13-29(35)32(3)26-12-10-11-25(21-26)24-17-15-23(16-18-24)20-27(30(36)37)31-28(34)19-14-22(2)33/h10-12,15-18,21,27H,4-9,13-14,19-20H2,1-3H3,(H,31,34)(H,36,37). The van der Waals surface area contributed by atoms with Gasteiger partial charge in [-0.2, -0.15) is 0 Å². The molecule has 1 atom stereocenters. The van der Waals surface area contributed by atoms with Gasteiger partial charge in [-0.05, 0) is 42.2 Å². The molecule has 0 saturated carbocycles. The molecule has 2 aromatic carbocycles. The first-order valence-corrected chi connectivity index (χ1v) is 13.2. The van der Waals surface area contributed by atoms with Crippen LogP contribution in [0.25, 0.3) is 11.1 Å². The Morgan fingerprint density at radius 1 is 0.865 bits per heavy atom. The summed E-state index contributed by atoms with van der Waals surface area (Å²) in [5.74, 6) is -1.59. The number of benzene rings is 2. The third-order valence-corrected chi connectivity index (χ3v) is 6.42. The van der Waals surface area contributed by atoms with E-state index in [4.69, 9.17) is 0 Å². The number of hydrogen-bond acceptors (Lipinski definition) is 4. The molecule has 0 bridgehead atoms. The van der Waals surface area contributed by atoms with Crippen LogP contribution in [0.4, 0.5) is 5.69 Å². The van der Waals surface area contributed by atoms with E-state index in [-0.39, 0.29) is 31.0 Å². The normalized spacial score (nSPS) is 11.5. The van der Waals surface area contributed by atoms with Crippen LogP contribution in [0.5, 0.6) is 0 Å². The fourth-order valence-corrected chi connectivity index (χ4v) is 4.09. The Hall–Kier alpha value is -3.48. The first-order valence-electron chi connectivity index (χ1n) is 13.2. The summed E-state index contributed by atoms with van der Waals surface area (Å²) in [6.45, 7) is 3.59. The molecule has 1 unspecified atom stereocenters. The number of nitrogens with one attached hydrogen (secondary N) is 1. The van der Waals surface area contributed by atoms with Gasteiger partial charge in [-0.25, -0.2) is 4.79 Å². The molecule has 0 heterocycles. The zero-order chi connectivity index (χ0) is 27.2. The zero-order valence-electron chi connectivity index (χ0n) is 22.3. The third-order valence-electron chi connectivity index (χ3n) is 6.42. The molecular weight excluding hydrogens is 468 g/mol. The number of amides is 2. The minimum atomic E-state index is -1.12. The van der Waals surface area contributed by atoms with E-state index in [1.165, 1.54) is 32.6 Å². The fraction of sp³-hybridized carbons (Fsp3) is 0.467. The molecule has 0 spiro atoms. The van der Waals surface area contributed by atoms with Crippen molar-refractivity contribution in [3.8, 4) is 11.1 Å². The number of rotatable bonds is 16. The number of carbonyl (C=O) groups excluding carboxylic acids is 3. The average Bonchev–Trinajstić information content (AvgIpc) is 2.89. The van der Waals surface area contributed by atoms with E-state index in [2.05, 4.69) is 12.2 Å². The lowest BCUT2D eigenvalue weighted by atomic mass is 10.00. The van der Waals surface area contributed by atoms with E-state index in [9.17, 15) is 24.3 Å². The van der Waals surface area contributed by atoms with E-state index >= 15 is 0 Å². The van der Waals surface area contributed by atoms with Gasteiger partial charge in [0.2, 0.25) is 11.8 Å². The first kappa shape index (κ1) is 29.7. The maximum atomic E-state index is 12.7. The van der Waals surface area contributed by atoms with Crippen LogP contribution in [0.15, 0.2) is 48.5 Å². The lowest BCUT2D eigenvalue weighted by Crippen LogP contribution is -2.42. The van der Waals surface area contributed by atoms with Crippen LogP contribution >= 0.6 is 0 Å². The number of hydrogen-bond donors (Lipinski definition) is 2. The quantitative estimate of drug-likeness (QED) is 0.289. The lowest BCUT2D eigenvalue weighted by molar-refractivity contribution is -0.141. The summed E-state index contributed by atoms with van der Waals surface area (Å²) in [4.78, 5) is 49.1. The van der Waals surface area contributed by atoms with Crippen molar-refractivity contribution < 1.29 is 24.3 Å². The number of carboxylic acid groups (broad SMARTS) is 1. The van der Waals surface area contributed by atoms with Crippen molar-refractivity contribution in [1.82, 2.24) is 5.32 Å². The molecule has 7 heteroatoms. The van der Waals surface area contributed by atoms with Crippen LogP contribution < -0.4 is 10.2 Å². The van der Waals surface area contributed by atoms with Crippen LogP contribution in [0.3, 0.4) is 0 Å². The van der Waals surface area contributed by atoms with Gasteiger partial charge >= 0.3 is 5.97 Å². The highest BCUT2D eigenvalue weighted by atomic mass is 16.4. The Morgan fingerprint density at radius 3 is 2.19 bits per heavy atom. The van der Waals surface area contributed by atoms with Gasteiger partial charge < -0.3 is 20.1 Å². The minimum absolute atomic E-state index is 0.0235. The summed E-state index contributed by atoms with van der Waals surface area (Å²) >= 11 is 0. The van der Waals surface area contributed by atoms with E-state index in [0.717, 1.165) is 35.2 Å². The Balaban J connectivity index is 1.98. The number of anilines is 1. The van der Waals surface area contributed by atoms with Crippen LogP contribution in [0, 0.1) is 0 Å². The van der Waals surface area contributed by atoms with Gasteiger partial charge in [-0.15, -0.1) is 0 Å². The lowest BCUT2D eigenvalue weighted by Gasteiger charge is -2.18. The molecule has 2 amide bonds. The minimum Gasteiger partial charge on any atom is -0.480 e. The van der Waals surface area contributed by atoms with Crippen molar-refractivity contribution in [3.05, 3.63) is 54.1 Å². The first-order chi connectivity index (χ1) is 17.7. The average molecular weight is 509 g/mol. The number of nitrogens with zero attached hydrogens (tertiary/aromatic N) is 1. The van der Waals surface area contributed by atoms with Crippen molar-refractivity contribution in [2.24, 2.45) is 0 Å². The molecule has 0 aliphatic carbocycles. The molecule has 200 valence electrons. The van der Waals surface area contributed by atoms with Crippen LogP contribution in [0.2, 0.25) is 0 Å². The molecule has 2 aromatic rings. The predicted octanol–water partition coefficient (Wildman–Crippen LogP) is 5.55. The van der Waals surface area contributed by atoms with Gasteiger partial charge in [0.25, 0.3) is 0 Å². The predicted molar refractivity (Wildman–Crippen MR) is 146 cm³/mol. The van der Waals surface area contributed by atoms with Crippen LogP contribution in [-0.4, -0.2) is 41.8 Å². The molecule has 0 aliphatic heterocycles. The summed E-state index contributed by atoms with van der Waals surface area (Å²) in [7, 11) is 1.80. The number of carbonyl (C=O) groups is 4. The number of carboxylic acids is 1. The fourth-order valence-electron chi connectivity index (χ4n) is 4.09. The van der Waals surface area contributed by atoms with Crippen LogP contribution in [0.1, 0.15) is 77.2 Å². The number of unbranched alkanes of at least 4 members (excludes halogenated alkanes) is 5. The molecule has 7 nitrogen and oxygen atoms in total. The molecule has 2 rings (SSSR count). The molecule has 0 saturated heterocycles. The van der Waals surface area contributed by atoms with Crippen molar-refractivity contribution in [1.29, 1.82) is 0 Å². The smallest absolute Gasteiger partial charge is 0.326 e. The zero-order valence-corrected chi connectivity index (χ0v) is 22.3. The highest BCUT2D eigenvalue weighted by Gasteiger charge is 2.20. The SMILES string of the molecule is CCCCCCCCC(=O)N(C)c1cccc(-c2ccc(CC(NC(=O)CCC(C)=O)C(=O)O)cc2)c1. The molecule has 37 heavy (non-hydrogen) atoms. The highest BCUT2D eigenvalue weighted by Crippen LogP contribution is 2.25. The Kier molecular flexibility index (Phi) is 12.5. The Labute approximate surface area is 220 Å². The maximum Gasteiger partial charge on any atom is 0.326 e. The molecule has 2 N–H and O–H groups in total. The Bertz CT molecular complexity index is 1050. The molecule has 0 aromatic heterocycles. The van der Waals surface area contributed by atoms with Crippen molar-refractivity contribution in [2.45, 2.75) is 84.1 Å². The van der Waals surface area contributed by atoms with Gasteiger partial charge in [0.1, 0.15) is 11.8 Å². The topological polar surface area (TPSA) is 104 Å². The number of Topliss-reactive ketones (excluding diaryl/α,β-unsaturated/α-hetero) is 1. The summed E-state index contributed by atoms with van der Waals surface area (Å²) in [6.07, 6.45) is 7.60. The number of ketones is 1. The summed E-state index contributed by atoms with van der Waals surface area (Å²) in [6, 6.07) is 14.2. The second kappa shape index (κ2) is 15.6. The van der Waals surface area contributed by atoms with Crippen molar-refractivity contribution in [2.75, 3.05) is 11.9 Å². The summed E-state index contributed by atoms with van der Waals surface area (Å²) in [5, 5.41) is 12.0. The van der Waals surface area contributed by atoms with Crippen molar-refractivity contribution in [3.63, 3.8) is 0 Å². The van der Waals surface area contributed by atoms with Crippen LogP contribution in [-0.2, 0) is 25.6 Å². The summed E-state index contributed by atoms with van der Waals surface area (Å²) in [5.41, 5.74) is 3.50. The second-order valence-electron chi connectivity index (χ2n) is 9.58. The largest absolute Gasteiger partial charge is 0.480 e. The highest BCUT2D eigenvalue weighted by molar-refractivity contribution is 5.93. The van der Waals surface area contributed by atoms with E-state index in [1.54, 1.807) is 11.9 Å².